The Hall–Kier alpha value is 0.202. The Balaban J connectivity index is 2.75. The van der Waals surface area contributed by atoms with E-state index in [0.717, 1.165) is 6.42 Å². The lowest BCUT2D eigenvalue weighted by molar-refractivity contribution is 0.0598. The van der Waals surface area contributed by atoms with Crippen LogP contribution in [0.5, 0.6) is 0 Å². The van der Waals surface area contributed by atoms with Gasteiger partial charge in [0.15, 0.2) is 8.32 Å². The summed E-state index contributed by atoms with van der Waals surface area (Å²) in [5, 5.41) is 0.275. The van der Waals surface area contributed by atoms with Gasteiger partial charge in [-0.05, 0) is 24.6 Å². The van der Waals surface area contributed by atoms with Crippen LogP contribution in [0.1, 0.15) is 41.0 Å². The highest BCUT2D eigenvalue weighted by atomic mass is 28.4. The second-order valence-electron chi connectivity index (χ2n) is 6.99. The van der Waals surface area contributed by atoms with Gasteiger partial charge in [-0.15, -0.1) is 0 Å². The van der Waals surface area contributed by atoms with Crippen molar-refractivity contribution in [2.75, 3.05) is 0 Å². The average molecular weight is 256 g/mol. The van der Waals surface area contributed by atoms with Crippen LogP contribution in [0, 0.1) is 5.92 Å². The van der Waals surface area contributed by atoms with Crippen molar-refractivity contribution < 1.29 is 9.16 Å². The van der Waals surface area contributed by atoms with Gasteiger partial charge >= 0.3 is 0 Å². The topological polar surface area (TPSA) is 18.5 Å². The van der Waals surface area contributed by atoms with E-state index in [1.54, 1.807) is 0 Å². The summed E-state index contributed by atoms with van der Waals surface area (Å²) in [5.74, 6) is 0.518. The van der Waals surface area contributed by atoms with Crippen LogP contribution in [-0.4, -0.2) is 34.4 Å². The second-order valence-corrected chi connectivity index (χ2v) is 11.7. The molecule has 0 bridgehead atoms. The fourth-order valence-electron chi connectivity index (χ4n) is 2.30. The van der Waals surface area contributed by atoms with Gasteiger partial charge < -0.3 is 9.16 Å². The molecule has 1 heterocycles. The normalized spacial score (nSPS) is 35.2. The predicted molar refractivity (Wildman–Crippen MR) is 78.7 cm³/mol. The molecule has 0 amide bonds. The molecule has 0 saturated carbocycles. The fraction of sp³-hybridized carbons (Fsp3) is 1.00. The molecule has 1 aliphatic rings. The van der Waals surface area contributed by atoms with E-state index in [4.69, 9.17) is 9.16 Å². The van der Waals surface area contributed by atoms with E-state index in [-0.39, 0.29) is 17.1 Å². The van der Waals surface area contributed by atoms with Crippen LogP contribution in [0.4, 0.5) is 0 Å². The SMILES string of the molecule is B[C@@H]1O[C@H](CC)[C@@H](C)[C@H]1O[Si](C)(C)C(C)(C)C. The lowest BCUT2D eigenvalue weighted by Gasteiger charge is -2.40. The average Bonchev–Trinajstić information content (AvgIpc) is 2.43. The van der Waals surface area contributed by atoms with Crippen LogP contribution in [-0.2, 0) is 9.16 Å². The molecule has 1 rings (SSSR count). The standard InChI is InChI=1S/C13H29BO2Si/c1-8-10-9(2)11(12(14)15-10)16-17(6,7)13(3,4)5/h9-12H,8,14H2,1-7H3/t9-,10-,11-,12-/m1/s1. The minimum Gasteiger partial charge on any atom is -0.412 e. The number of hydrogen-bond acceptors (Lipinski definition) is 2. The first-order valence-electron chi connectivity index (χ1n) is 6.93. The minimum atomic E-state index is -1.68. The van der Waals surface area contributed by atoms with Crippen molar-refractivity contribution in [3.8, 4) is 0 Å². The molecule has 1 aliphatic heterocycles. The van der Waals surface area contributed by atoms with E-state index >= 15 is 0 Å². The molecule has 4 heteroatoms. The number of ether oxygens (including phenoxy) is 1. The highest BCUT2D eigenvalue weighted by Crippen LogP contribution is 2.40. The van der Waals surface area contributed by atoms with Crippen molar-refractivity contribution in [3.05, 3.63) is 0 Å². The molecule has 0 N–H and O–H groups in total. The largest absolute Gasteiger partial charge is 0.412 e. The quantitative estimate of drug-likeness (QED) is 0.723. The maximum absolute atomic E-state index is 6.53. The van der Waals surface area contributed by atoms with Crippen LogP contribution < -0.4 is 0 Å². The first-order chi connectivity index (χ1) is 7.60. The Morgan fingerprint density at radius 2 is 1.82 bits per heavy atom. The van der Waals surface area contributed by atoms with Gasteiger partial charge in [-0.3, -0.25) is 0 Å². The molecular weight excluding hydrogens is 227 g/mol. The molecule has 0 radical (unpaired) electrons. The van der Waals surface area contributed by atoms with E-state index < -0.39 is 8.32 Å². The van der Waals surface area contributed by atoms with E-state index in [9.17, 15) is 0 Å². The van der Waals surface area contributed by atoms with Crippen molar-refractivity contribution in [1.82, 2.24) is 0 Å². The highest BCUT2D eigenvalue weighted by molar-refractivity contribution is 6.74. The van der Waals surface area contributed by atoms with Gasteiger partial charge in [0.05, 0.1) is 12.2 Å². The molecule has 0 aromatic rings. The third-order valence-electron chi connectivity index (χ3n) is 4.60. The molecule has 0 aromatic heterocycles. The molecule has 0 unspecified atom stereocenters. The Morgan fingerprint density at radius 1 is 1.29 bits per heavy atom. The third kappa shape index (κ3) is 3.15. The van der Waals surface area contributed by atoms with Crippen LogP contribution in [0.3, 0.4) is 0 Å². The Morgan fingerprint density at radius 3 is 2.18 bits per heavy atom. The van der Waals surface area contributed by atoms with Gasteiger partial charge in [0.25, 0.3) is 0 Å². The van der Waals surface area contributed by atoms with E-state index in [1.165, 1.54) is 0 Å². The van der Waals surface area contributed by atoms with Gasteiger partial charge in [0.1, 0.15) is 7.85 Å². The maximum atomic E-state index is 6.53. The lowest BCUT2D eigenvalue weighted by Crippen LogP contribution is -2.47. The molecule has 0 spiro atoms. The van der Waals surface area contributed by atoms with E-state index in [1.807, 2.05) is 0 Å². The lowest BCUT2D eigenvalue weighted by atomic mass is 9.88. The summed E-state index contributed by atoms with van der Waals surface area (Å²) in [6.45, 7) is 16.0. The van der Waals surface area contributed by atoms with E-state index in [2.05, 4.69) is 55.6 Å². The number of rotatable bonds is 3. The Bertz CT molecular complexity index is 263. The summed E-state index contributed by atoms with van der Waals surface area (Å²) in [4.78, 5) is 0. The van der Waals surface area contributed by atoms with Crippen molar-refractivity contribution >= 4 is 16.2 Å². The third-order valence-corrected chi connectivity index (χ3v) is 9.07. The zero-order chi connectivity index (χ0) is 13.4. The molecule has 17 heavy (non-hydrogen) atoms. The molecule has 1 saturated heterocycles. The fourth-order valence-corrected chi connectivity index (χ4v) is 3.74. The highest BCUT2D eigenvalue weighted by Gasteiger charge is 2.46. The summed E-state index contributed by atoms with van der Waals surface area (Å²) in [6.07, 6.45) is 1.74. The predicted octanol–water partition coefficient (Wildman–Crippen LogP) is 2.78. The summed E-state index contributed by atoms with van der Waals surface area (Å²) < 4.78 is 12.5. The zero-order valence-corrected chi connectivity index (χ0v) is 13.8. The first kappa shape index (κ1) is 15.3. The summed E-state index contributed by atoms with van der Waals surface area (Å²) in [7, 11) is 0.481. The van der Waals surface area contributed by atoms with Gasteiger partial charge in [0, 0.05) is 11.9 Å². The molecule has 0 aromatic carbocycles. The molecular formula is C13H29BO2Si. The van der Waals surface area contributed by atoms with Gasteiger partial charge in [-0.1, -0.05) is 34.6 Å². The Labute approximate surface area is 109 Å². The van der Waals surface area contributed by atoms with Crippen LogP contribution in [0.2, 0.25) is 18.1 Å². The maximum Gasteiger partial charge on any atom is 0.192 e. The zero-order valence-electron chi connectivity index (χ0n) is 12.8. The number of hydrogen-bond donors (Lipinski definition) is 0. The van der Waals surface area contributed by atoms with Crippen molar-refractivity contribution in [1.29, 1.82) is 0 Å². The van der Waals surface area contributed by atoms with Crippen molar-refractivity contribution in [2.45, 2.75) is 77.4 Å². The van der Waals surface area contributed by atoms with Crippen LogP contribution in [0.25, 0.3) is 0 Å². The molecule has 0 aliphatic carbocycles. The van der Waals surface area contributed by atoms with Crippen LogP contribution >= 0.6 is 0 Å². The smallest absolute Gasteiger partial charge is 0.192 e. The summed E-state index contributed by atoms with van der Waals surface area (Å²) in [5.41, 5.74) is 0. The van der Waals surface area contributed by atoms with Crippen molar-refractivity contribution in [2.24, 2.45) is 5.92 Å². The summed E-state index contributed by atoms with van der Waals surface area (Å²) in [6, 6.07) is 0.240. The minimum absolute atomic E-state index is 0.240. The van der Waals surface area contributed by atoms with Crippen LogP contribution in [0.15, 0.2) is 0 Å². The van der Waals surface area contributed by atoms with Gasteiger partial charge in [-0.2, -0.15) is 0 Å². The molecule has 4 atom stereocenters. The molecule has 100 valence electrons. The molecule has 2 nitrogen and oxygen atoms in total. The van der Waals surface area contributed by atoms with Crippen molar-refractivity contribution in [3.63, 3.8) is 0 Å². The second kappa shape index (κ2) is 5.06. The monoisotopic (exact) mass is 256 g/mol. The van der Waals surface area contributed by atoms with Gasteiger partial charge in [0.2, 0.25) is 0 Å². The van der Waals surface area contributed by atoms with Gasteiger partial charge in [-0.25, -0.2) is 0 Å². The molecule has 1 fully saturated rings. The summed E-state index contributed by atoms with van der Waals surface area (Å²) >= 11 is 0. The Kier molecular flexibility index (Phi) is 4.54. The first-order valence-corrected chi connectivity index (χ1v) is 9.84. The van der Waals surface area contributed by atoms with E-state index in [0.29, 0.717) is 12.0 Å².